The largest absolute Gasteiger partial charge is 0.507 e. The number of hydrogen-bond acceptors (Lipinski definition) is 4. The van der Waals surface area contributed by atoms with Crippen LogP contribution in [0.2, 0.25) is 0 Å². The van der Waals surface area contributed by atoms with E-state index in [9.17, 15) is 9.90 Å². The molecule has 0 spiro atoms. The van der Waals surface area contributed by atoms with Crippen molar-refractivity contribution < 1.29 is 9.90 Å². The van der Waals surface area contributed by atoms with Crippen molar-refractivity contribution in [2.45, 2.75) is 6.92 Å². The molecule has 0 atom stereocenters. The average molecular weight is 206 g/mol. The first-order chi connectivity index (χ1) is 7.02. The van der Waals surface area contributed by atoms with Gasteiger partial charge in [0.05, 0.1) is 5.56 Å². The molecular formula is C11H14N2O2. The molecule has 1 aromatic rings. The summed E-state index contributed by atoms with van der Waals surface area (Å²) in [6.45, 7) is 1.74. The van der Waals surface area contributed by atoms with Crippen LogP contribution in [0.15, 0.2) is 30.5 Å². The van der Waals surface area contributed by atoms with Crippen molar-refractivity contribution in [2.24, 2.45) is 5.84 Å². The van der Waals surface area contributed by atoms with Crippen LogP contribution in [-0.2, 0) is 0 Å². The summed E-state index contributed by atoms with van der Waals surface area (Å²) in [7, 11) is 1.61. The summed E-state index contributed by atoms with van der Waals surface area (Å²) in [4.78, 5) is 11.6. The molecule has 0 radical (unpaired) electrons. The number of nitrogens with two attached hydrogens (primary N) is 1. The van der Waals surface area contributed by atoms with Gasteiger partial charge in [-0.3, -0.25) is 4.79 Å². The van der Waals surface area contributed by atoms with Gasteiger partial charge in [0.2, 0.25) is 0 Å². The number of rotatable bonds is 3. The number of phenolic OH excluding ortho intramolecular Hbond substituents is 1. The number of carbonyl (C=O) groups excluding carboxylic acids is 1. The molecule has 3 N–H and O–H groups in total. The van der Waals surface area contributed by atoms with Crippen molar-refractivity contribution in [3.63, 3.8) is 0 Å². The number of benzene rings is 1. The molecule has 1 rings (SSSR count). The zero-order chi connectivity index (χ0) is 11.4. The highest BCUT2D eigenvalue weighted by Gasteiger charge is 2.09. The molecule has 0 aliphatic rings. The van der Waals surface area contributed by atoms with Gasteiger partial charge in [0.25, 0.3) is 0 Å². The number of phenols is 1. The molecule has 0 fully saturated rings. The van der Waals surface area contributed by atoms with Crippen molar-refractivity contribution in [3.05, 3.63) is 41.6 Å². The van der Waals surface area contributed by atoms with Crippen molar-refractivity contribution in [1.82, 2.24) is 5.01 Å². The monoisotopic (exact) mass is 206 g/mol. The number of para-hydroxylation sites is 1. The maximum absolute atomic E-state index is 11.6. The van der Waals surface area contributed by atoms with E-state index in [4.69, 9.17) is 5.84 Å². The molecule has 0 aliphatic heterocycles. The van der Waals surface area contributed by atoms with Crippen LogP contribution in [0.5, 0.6) is 5.75 Å². The lowest BCUT2D eigenvalue weighted by atomic mass is 10.1. The third kappa shape index (κ3) is 2.82. The molecule has 0 heterocycles. The van der Waals surface area contributed by atoms with Crippen LogP contribution in [0.25, 0.3) is 0 Å². The van der Waals surface area contributed by atoms with Crippen LogP contribution in [0.4, 0.5) is 0 Å². The number of aryl methyl sites for hydroxylation is 1. The third-order valence-electron chi connectivity index (χ3n) is 1.96. The maximum atomic E-state index is 11.6. The summed E-state index contributed by atoms with van der Waals surface area (Å²) in [5.74, 6) is 5.07. The van der Waals surface area contributed by atoms with E-state index >= 15 is 0 Å². The number of carbonyl (C=O) groups is 1. The van der Waals surface area contributed by atoms with Gasteiger partial charge in [0.15, 0.2) is 5.78 Å². The minimum Gasteiger partial charge on any atom is -0.507 e. The van der Waals surface area contributed by atoms with E-state index in [1.54, 1.807) is 32.2 Å². The zero-order valence-electron chi connectivity index (χ0n) is 8.77. The lowest BCUT2D eigenvalue weighted by Gasteiger charge is -2.05. The van der Waals surface area contributed by atoms with E-state index in [-0.39, 0.29) is 17.1 Å². The van der Waals surface area contributed by atoms with E-state index in [0.29, 0.717) is 5.56 Å². The van der Waals surface area contributed by atoms with Gasteiger partial charge in [-0.15, -0.1) is 0 Å². The molecule has 0 aliphatic carbocycles. The molecular weight excluding hydrogens is 192 g/mol. The summed E-state index contributed by atoms with van der Waals surface area (Å²) >= 11 is 0. The Morgan fingerprint density at radius 1 is 1.53 bits per heavy atom. The molecule has 4 nitrogen and oxygen atoms in total. The summed E-state index contributed by atoms with van der Waals surface area (Å²) in [6.07, 6.45) is 2.75. The van der Waals surface area contributed by atoms with Crippen LogP contribution in [0.3, 0.4) is 0 Å². The van der Waals surface area contributed by atoms with Crippen molar-refractivity contribution in [1.29, 1.82) is 0 Å². The molecule has 15 heavy (non-hydrogen) atoms. The number of hydrazine groups is 1. The van der Waals surface area contributed by atoms with Gasteiger partial charge in [-0.25, -0.2) is 5.84 Å². The van der Waals surface area contributed by atoms with Crippen molar-refractivity contribution in [3.8, 4) is 5.75 Å². The molecule has 0 unspecified atom stereocenters. The number of hydrogen-bond donors (Lipinski definition) is 2. The fraction of sp³-hybridized carbons (Fsp3) is 0.182. The Morgan fingerprint density at radius 3 is 2.80 bits per heavy atom. The second-order valence-corrected chi connectivity index (χ2v) is 3.32. The second kappa shape index (κ2) is 4.61. The minimum atomic E-state index is -0.270. The normalized spacial score (nSPS) is 10.6. The molecule has 0 bridgehead atoms. The molecule has 0 amide bonds. The average Bonchev–Trinajstić information content (AvgIpc) is 2.18. The van der Waals surface area contributed by atoms with Crippen LogP contribution in [0, 0.1) is 6.92 Å². The zero-order valence-corrected chi connectivity index (χ0v) is 8.77. The van der Waals surface area contributed by atoms with Crippen molar-refractivity contribution in [2.75, 3.05) is 7.05 Å². The number of allylic oxidation sites excluding steroid dienone is 1. The minimum absolute atomic E-state index is 0.0202. The smallest absolute Gasteiger partial charge is 0.191 e. The highest BCUT2D eigenvalue weighted by atomic mass is 16.3. The van der Waals surface area contributed by atoms with E-state index in [1.807, 2.05) is 0 Å². The number of aromatic hydroxyl groups is 1. The van der Waals surface area contributed by atoms with Crippen LogP contribution in [0.1, 0.15) is 15.9 Å². The van der Waals surface area contributed by atoms with E-state index < -0.39 is 0 Å². The number of nitrogens with zero attached hydrogens (tertiary/aromatic N) is 1. The Hall–Kier alpha value is -1.81. The molecule has 0 aromatic heterocycles. The lowest BCUT2D eigenvalue weighted by Crippen LogP contribution is -2.18. The van der Waals surface area contributed by atoms with Crippen LogP contribution in [-0.4, -0.2) is 22.9 Å². The van der Waals surface area contributed by atoms with Crippen LogP contribution >= 0.6 is 0 Å². The van der Waals surface area contributed by atoms with Crippen LogP contribution < -0.4 is 5.84 Å². The summed E-state index contributed by atoms with van der Waals surface area (Å²) in [6, 6.07) is 5.04. The topological polar surface area (TPSA) is 66.6 Å². The van der Waals surface area contributed by atoms with Gasteiger partial charge < -0.3 is 10.1 Å². The molecule has 0 saturated carbocycles. The van der Waals surface area contributed by atoms with Gasteiger partial charge >= 0.3 is 0 Å². The fourth-order valence-electron chi connectivity index (χ4n) is 1.13. The van der Waals surface area contributed by atoms with Gasteiger partial charge in [-0.1, -0.05) is 12.1 Å². The highest BCUT2D eigenvalue weighted by molar-refractivity contribution is 6.06. The molecule has 80 valence electrons. The SMILES string of the molecule is Cc1cccc(C(=O)/C=C/N(C)N)c1O. The second-order valence-electron chi connectivity index (χ2n) is 3.32. The van der Waals surface area contributed by atoms with Gasteiger partial charge in [-0.2, -0.15) is 0 Å². The molecule has 0 saturated heterocycles. The Bertz CT molecular complexity index is 398. The Balaban J connectivity index is 2.97. The summed E-state index contributed by atoms with van der Waals surface area (Å²) in [5, 5.41) is 10.9. The lowest BCUT2D eigenvalue weighted by molar-refractivity contribution is 0.104. The van der Waals surface area contributed by atoms with E-state index in [2.05, 4.69) is 0 Å². The summed E-state index contributed by atoms with van der Waals surface area (Å²) < 4.78 is 0. The summed E-state index contributed by atoms with van der Waals surface area (Å²) in [5.41, 5.74) is 0.962. The van der Waals surface area contributed by atoms with E-state index in [0.717, 1.165) is 0 Å². The van der Waals surface area contributed by atoms with Gasteiger partial charge in [-0.05, 0) is 18.6 Å². The van der Waals surface area contributed by atoms with Gasteiger partial charge in [0, 0.05) is 19.3 Å². The number of ketones is 1. The first-order valence-corrected chi connectivity index (χ1v) is 4.51. The quantitative estimate of drug-likeness (QED) is 0.337. The Kier molecular flexibility index (Phi) is 3.46. The Labute approximate surface area is 88.6 Å². The highest BCUT2D eigenvalue weighted by Crippen LogP contribution is 2.21. The predicted molar refractivity (Wildman–Crippen MR) is 58.3 cm³/mol. The third-order valence-corrected chi connectivity index (χ3v) is 1.96. The first-order valence-electron chi connectivity index (χ1n) is 4.51. The Morgan fingerprint density at radius 2 is 2.20 bits per heavy atom. The fourth-order valence-corrected chi connectivity index (χ4v) is 1.13. The van der Waals surface area contributed by atoms with Crippen molar-refractivity contribution >= 4 is 5.78 Å². The first kappa shape index (κ1) is 11.3. The van der Waals surface area contributed by atoms with E-state index in [1.165, 1.54) is 17.3 Å². The standard InChI is InChI=1S/C11H14N2O2/c1-8-4-3-5-9(11(8)15)10(14)6-7-13(2)12/h3-7,15H,12H2,1-2H3/b7-6+. The predicted octanol–water partition coefficient (Wildman–Crippen LogP) is 1.20. The molecule has 1 aromatic carbocycles. The van der Waals surface area contributed by atoms with Gasteiger partial charge in [0.1, 0.15) is 5.75 Å². The molecule has 4 heteroatoms. The maximum Gasteiger partial charge on any atom is 0.191 e.